The predicted octanol–water partition coefficient (Wildman–Crippen LogP) is 5.16. The number of anilines is 1. The van der Waals surface area contributed by atoms with E-state index in [-0.39, 0.29) is 11.7 Å². The number of carbonyl (C=O) groups excluding carboxylic acids is 1. The number of nitrogens with zero attached hydrogens (tertiary/aromatic N) is 4. The van der Waals surface area contributed by atoms with Crippen LogP contribution in [-0.4, -0.2) is 31.4 Å². The Morgan fingerprint density at radius 1 is 1.00 bits per heavy atom. The molecule has 2 aromatic carbocycles. The van der Waals surface area contributed by atoms with Crippen molar-refractivity contribution in [1.29, 1.82) is 0 Å². The van der Waals surface area contributed by atoms with Gasteiger partial charge in [0.05, 0.1) is 5.75 Å². The van der Waals surface area contributed by atoms with Gasteiger partial charge in [-0.2, -0.15) is 0 Å². The zero-order chi connectivity index (χ0) is 21.6. The minimum absolute atomic E-state index is 0.125. The van der Waals surface area contributed by atoms with E-state index in [0.29, 0.717) is 16.6 Å². The maximum Gasteiger partial charge on any atom is 0.234 e. The van der Waals surface area contributed by atoms with Crippen molar-refractivity contribution in [1.82, 2.24) is 19.7 Å². The molecular formula is C22H18BrN5O2S. The monoisotopic (exact) mass is 495 g/mol. The van der Waals surface area contributed by atoms with Crippen molar-refractivity contribution in [3.8, 4) is 22.9 Å². The van der Waals surface area contributed by atoms with Gasteiger partial charge in [0, 0.05) is 35.2 Å². The molecule has 1 N–H and O–H groups in total. The molecule has 0 atom stereocenters. The Morgan fingerprint density at radius 3 is 2.32 bits per heavy atom. The summed E-state index contributed by atoms with van der Waals surface area (Å²) in [6.07, 6.45) is 3.42. The molecule has 0 saturated carbocycles. The van der Waals surface area contributed by atoms with E-state index >= 15 is 0 Å². The summed E-state index contributed by atoms with van der Waals surface area (Å²) in [5.74, 6) is 2.26. The highest BCUT2D eigenvalue weighted by atomic mass is 79.9. The summed E-state index contributed by atoms with van der Waals surface area (Å²) in [7, 11) is 1.88. The highest BCUT2D eigenvalue weighted by Gasteiger charge is 2.13. The van der Waals surface area contributed by atoms with Gasteiger partial charge in [0.25, 0.3) is 0 Å². The summed E-state index contributed by atoms with van der Waals surface area (Å²) in [5, 5.41) is 11.9. The molecule has 156 valence electrons. The van der Waals surface area contributed by atoms with Gasteiger partial charge in [-0.15, -0.1) is 10.2 Å². The number of rotatable bonds is 7. The van der Waals surface area contributed by atoms with E-state index < -0.39 is 0 Å². The number of thioether (sulfide) groups is 1. The maximum atomic E-state index is 12.3. The highest BCUT2D eigenvalue weighted by Crippen LogP contribution is 2.25. The largest absolute Gasteiger partial charge is 0.457 e. The van der Waals surface area contributed by atoms with Gasteiger partial charge in [-0.1, -0.05) is 27.7 Å². The Kier molecular flexibility index (Phi) is 6.63. The molecule has 0 fully saturated rings. The zero-order valence-corrected chi connectivity index (χ0v) is 18.9. The van der Waals surface area contributed by atoms with Crippen molar-refractivity contribution in [3.63, 3.8) is 0 Å². The second kappa shape index (κ2) is 9.76. The maximum absolute atomic E-state index is 12.3. The fraction of sp³-hybridized carbons (Fsp3) is 0.0909. The van der Waals surface area contributed by atoms with Gasteiger partial charge in [0.1, 0.15) is 11.5 Å². The molecule has 0 bridgehead atoms. The molecule has 7 nitrogen and oxygen atoms in total. The second-order valence-corrected chi connectivity index (χ2v) is 8.38. The second-order valence-electron chi connectivity index (χ2n) is 6.52. The van der Waals surface area contributed by atoms with Gasteiger partial charge in [0.15, 0.2) is 11.0 Å². The van der Waals surface area contributed by atoms with Crippen molar-refractivity contribution < 1.29 is 9.53 Å². The quantitative estimate of drug-likeness (QED) is 0.356. The third-order valence-electron chi connectivity index (χ3n) is 4.29. The molecule has 0 unspecified atom stereocenters. The van der Waals surface area contributed by atoms with Crippen LogP contribution in [0.15, 0.2) is 82.7 Å². The number of amides is 1. The molecule has 4 rings (SSSR count). The SMILES string of the molecule is Cn1c(SCC(=O)Nc2ccc(Oc3ccc(Br)cc3)cc2)nnc1-c1ccncc1. The summed E-state index contributed by atoms with van der Waals surface area (Å²) in [6.45, 7) is 0. The lowest BCUT2D eigenvalue weighted by atomic mass is 10.2. The van der Waals surface area contributed by atoms with Crippen molar-refractivity contribution in [2.45, 2.75) is 5.16 Å². The van der Waals surface area contributed by atoms with Crippen LogP contribution in [0.25, 0.3) is 11.4 Å². The third kappa shape index (κ3) is 5.50. The number of pyridine rings is 1. The average molecular weight is 496 g/mol. The van der Waals surface area contributed by atoms with E-state index in [1.807, 2.05) is 60.1 Å². The summed E-state index contributed by atoms with van der Waals surface area (Å²) in [6, 6.07) is 18.6. The van der Waals surface area contributed by atoms with Crippen molar-refractivity contribution in [2.75, 3.05) is 11.1 Å². The lowest BCUT2D eigenvalue weighted by Crippen LogP contribution is -2.14. The van der Waals surface area contributed by atoms with E-state index in [4.69, 9.17) is 4.74 Å². The molecule has 2 aromatic heterocycles. The van der Waals surface area contributed by atoms with Gasteiger partial charge in [0.2, 0.25) is 5.91 Å². The molecule has 1 amide bonds. The van der Waals surface area contributed by atoms with Crippen LogP contribution in [0.3, 0.4) is 0 Å². The number of nitrogens with one attached hydrogen (secondary N) is 1. The number of benzene rings is 2. The molecule has 31 heavy (non-hydrogen) atoms. The van der Waals surface area contributed by atoms with Gasteiger partial charge in [-0.05, 0) is 60.7 Å². The van der Waals surface area contributed by atoms with Crippen LogP contribution < -0.4 is 10.1 Å². The topological polar surface area (TPSA) is 81.9 Å². The normalized spacial score (nSPS) is 10.6. The number of ether oxygens (including phenoxy) is 1. The Morgan fingerprint density at radius 2 is 1.65 bits per heavy atom. The van der Waals surface area contributed by atoms with E-state index in [9.17, 15) is 4.79 Å². The minimum atomic E-state index is -0.125. The molecule has 0 aliphatic heterocycles. The zero-order valence-electron chi connectivity index (χ0n) is 16.5. The molecule has 9 heteroatoms. The predicted molar refractivity (Wildman–Crippen MR) is 124 cm³/mol. The smallest absolute Gasteiger partial charge is 0.234 e. The summed E-state index contributed by atoms with van der Waals surface area (Å²) < 4.78 is 8.65. The minimum Gasteiger partial charge on any atom is -0.457 e. The number of carbonyl (C=O) groups is 1. The summed E-state index contributed by atoms with van der Waals surface area (Å²) >= 11 is 4.73. The molecule has 0 aliphatic carbocycles. The van der Waals surface area contributed by atoms with Crippen LogP contribution in [0.5, 0.6) is 11.5 Å². The molecular weight excluding hydrogens is 478 g/mol. The fourth-order valence-corrected chi connectivity index (χ4v) is 3.74. The Balaban J connectivity index is 1.31. The molecule has 0 spiro atoms. The van der Waals surface area contributed by atoms with Crippen molar-refractivity contribution in [2.24, 2.45) is 7.05 Å². The Labute approximate surface area is 192 Å². The van der Waals surface area contributed by atoms with Crippen LogP contribution in [0.2, 0.25) is 0 Å². The average Bonchev–Trinajstić information content (AvgIpc) is 3.16. The Bertz CT molecular complexity index is 1160. The van der Waals surface area contributed by atoms with E-state index in [2.05, 4.69) is 36.4 Å². The highest BCUT2D eigenvalue weighted by molar-refractivity contribution is 9.10. The van der Waals surface area contributed by atoms with Gasteiger partial charge < -0.3 is 14.6 Å². The van der Waals surface area contributed by atoms with Crippen LogP contribution in [0.1, 0.15) is 0 Å². The lowest BCUT2D eigenvalue weighted by molar-refractivity contribution is -0.113. The fourth-order valence-electron chi connectivity index (χ4n) is 2.77. The van der Waals surface area contributed by atoms with Crippen LogP contribution in [0.4, 0.5) is 5.69 Å². The number of hydrogen-bond donors (Lipinski definition) is 1. The van der Waals surface area contributed by atoms with Gasteiger partial charge in [-0.25, -0.2) is 0 Å². The first-order valence-corrected chi connectivity index (χ1v) is 11.1. The number of hydrogen-bond acceptors (Lipinski definition) is 6. The standard InChI is InChI=1S/C22H18BrN5O2S/c1-28-21(15-10-12-24-13-11-15)26-27-22(28)31-14-20(29)25-17-4-8-19(9-5-17)30-18-6-2-16(23)3-7-18/h2-13H,14H2,1H3,(H,25,29). The van der Waals surface area contributed by atoms with E-state index in [1.54, 1.807) is 24.5 Å². The molecule has 0 radical (unpaired) electrons. The van der Waals surface area contributed by atoms with Crippen LogP contribution in [-0.2, 0) is 11.8 Å². The summed E-state index contributed by atoms with van der Waals surface area (Å²) in [4.78, 5) is 16.4. The first-order chi connectivity index (χ1) is 15.1. The van der Waals surface area contributed by atoms with Crippen LogP contribution >= 0.6 is 27.7 Å². The van der Waals surface area contributed by atoms with Crippen LogP contribution in [0, 0.1) is 0 Å². The number of aromatic nitrogens is 4. The molecule has 2 heterocycles. The summed E-state index contributed by atoms with van der Waals surface area (Å²) in [5.41, 5.74) is 1.62. The van der Waals surface area contributed by atoms with Crippen molar-refractivity contribution in [3.05, 3.63) is 77.5 Å². The van der Waals surface area contributed by atoms with Crippen molar-refractivity contribution >= 4 is 39.3 Å². The first-order valence-electron chi connectivity index (χ1n) is 9.34. The first kappa shape index (κ1) is 21.1. The van der Waals surface area contributed by atoms with E-state index in [0.717, 1.165) is 21.6 Å². The molecule has 4 aromatic rings. The number of halogens is 1. The van der Waals surface area contributed by atoms with Gasteiger partial charge in [-0.3, -0.25) is 9.78 Å². The molecule has 0 aliphatic rings. The Hall–Kier alpha value is -3.17. The van der Waals surface area contributed by atoms with Gasteiger partial charge >= 0.3 is 0 Å². The molecule has 0 saturated heterocycles. The lowest BCUT2D eigenvalue weighted by Gasteiger charge is -2.08. The third-order valence-corrected chi connectivity index (χ3v) is 5.84. The van der Waals surface area contributed by atoms with E-state index in [1.165, 1.54) is 11.8 Å².